The van der Waals surface area contributed by atoms with Crippen molar-refractivity contribution in [3.05, 3.63) is 215 Å². The van der Waals surface area contributed by atoms with Gasteiger partial charge in [0.25, 0.3) is 0 Å². The van der Waals surface area contributed by atoms with Gasteiger partial charge in [-0.3, -0.25) is 4.98 Å². The highest BCUT2D eigenvalue weighted by Crippen LogP contribution is 2.50. The quantitative estimate of drug-likeness (QED) is 0.165. The van der Waals surface area contributed by atoms with Crippen molar-refractivity contribution in [1.29, 1.82) is 0 Å². The van der Waals surface area contributed by atoms with Gasteiger partial charge in [-0.05, 0) is 103 Å². The first-order valence-electron chi connectivity index (χ1n) is 20.3. The Bertz CT molecular complexity index is 3140. The van der Waals surface area contributed by atoms with Crippen LogP contribution in [0.2, 0.25) is 0 Å². The van der Waals surface area contributed by atoms with Crippen molar-refractivity contribution in [2.75, 3.05) is 6.54 Å². The van der Waals surface area contributed by atoms with E-state index < -0.39 is 0 Å². The van der Waals surface area contributed by atoms with E-state index in [0.29, 0.717) is 5.92 Å². The molecule has 13 rings (SSSR count). The standard InChI is InChI=1S/C54H39N3/c1-4-14-42-38(11-1)30-48(46-18-8-6-16-44(42)46)35-23-25-36(26-24-35)52-50-33-57(53(50)49-31-39-12-2-5-15-43(39)45-17-7-9-19-47(45)49)54(56-52)37-27-21-34(22-28-37)41-29-40-13-3-10-20-51(40)55-32-41/h1,3-11,13-23,25-32,35,53H,2,12,24,33H2. The van der Waals surface area contributed by atoms with Crippen LogP contribution in [0, 0.1) is 0 Å². The molecule has 0 amide bonds. The van der Waals surface area contributed by atoms with Gasteiger partial charge in [-0.25, -0.2) is 4.99 Å². The summed E-state index contributed by atoms with van der Waals surface area (Å²) in [7, 11) is 0. The lowest BCUT2D eigenvalue weighted by Gasteiger charge is -2.50. The van der Waals surface area contributed by atoms with E-state index in [1.165, 1.54) is 65.7 Å². The van der Waals surface area contributed by atoms with Gasteiger partial charge in [-0.1, -0.05) is 152 Å². The topological polar surface area (TPSA) is 28.5 Å². The normalized spacial score (nSPS) is 18.6. The van der Waals surface area contributed by atoms with Crippen LogP contribution in [0.3, 0.4) is 0 Å². The maximum Gasteiger partial charge on any atom is 0.137 e. The molecule has 5 aliphatic rings. The van der Waals surface area contributed by atoms with E-state index in [2.05, 4.69) is 169 Å². The third-order valence-electron chi connectivity index (χ3n) is 12.8. The van der Waals surface area contributed by atoms with Crippen molar-refractivity contribution >= 4 is 55.1 Å². The number of allylic oxidation sites excluding steroid dienone is 4. The van der Waals surface area contributed by atoms with Gasteiger partial charge in [-0.2, -0.15) is 0 Å². The summed E-state index contributed by atoms with van der Waals surface area (Å²) in [6, 6.07) is 51.3. The Balaban J connectivity index is 0.959. The molecule has 57 heavy (non-hydrogen) atoms. The smallest absolute Gasteiger partial charge is 0.137 e. The molecule has 2 atom stereocenters. The number of nitrogens with zero attached hydrogens (tertiary/aromatic N) is 3. The highest BCUT2D eigenvalue weighted by Gasteiger charge is 2.44. The molecule has 0 N–H and O–H groups in total. The van der Waals surface area contributed by atoms with E-state index >= 15 is 0 Å². The Labute approximate surface area is 332 Å². The van der Waals surface area contributed by atoms with E-state index in [-0.39, 0.29) is 6.04 Å². The van der Waals surface area contributed by atoms with Gasteiger partial charge in [0, 0.05) is 40.7 Å². The molecular weight excluding hydrogens is 691 g/mol. The van der Waals surface area contributed by atoms with Crippen LogP contribution >= 0.6 is 0 Å². The predicted octanol–water partition coefficient (Wildman–Crippen LogP) is 13.1. The average molecular weight is 730 g/mol. The largest absolute Gasteiger partial charge is 0.341 e. The summed E-state index contributed by atoms with van der Waals surface area (Å²) in [5, 5.41) is 9.13. The molecule has 0 radical (unpaired) electrons. The Hall–Kier alpha value is -6.84. The van der Waals surface area contributed by atoms with Gasteiger partial charge >= 0.3 is 0 Å². The minimum absolute atomic E-state index is 0.134. The summed E-state index contributed by atoms with van der Waals surface area (Å²) >= 11 is 0. The first-order chi connectivity index (χ1) is 28.2. The Kier molecular flexibility index (Phi) is 7.31. The number of aromatic nitrogens is 1. The Morgan fingerprint density at radius 1 is 0.596 bits per heavy atom. The Morgan fingerprint density at radius 3 is 2.14 bits per heavy atom. The third kappa shape index (κ3) is 5.19. The summed E-state index contributed by atoms with van der Waals surface area (Å²) in [6.07, 6.45) is 17.0. The van der Waals surface area contributed by atoms with E-state index in [1.54, 1.807) is 0 Å². The van der Waals surface area contributed by atoms with Gasteiger partial charge in [0.2, 0.25) is 0 Å². The molecule has 3 heteroatoms. The second-order valence-corrected chi connectivity index (χ2v) is 16.0. The van der Waals surface area contributed by atoms with Crippen LogP contribution in [0.4, 0.5) is 0 Å². The zero-order valence-electron chi connectivity index (χ0n) is 31.6. The lowest BCUT2D eigenvalue weighted by Crippen LogP contribution is -2.51. The number of hydrogen-bond acceptors (Lipinski definition) is 3. The lowest BCUT2D eigenvalue weighted by atomic mass is 9.78. The van der Waals surface area contributed by atoms with Gasteiger partial charge in [0.1, 0.15) is 5.84 Å². The van der Waals surface area contributed by atoms with Crippen LogP contribution in [0.5, 0.6) is 0 Å². The number of pyridine rings is 1. The number of aliphatic imine (C=N–C) groups is 1. The van der Waals surface area contributed by atoms with Crippen molar-refractivity contribution in [3.8, 4) is 11.1 Å². The molecular formula is C54H39N3. The van der Waals surface area contributed by atoms with Crippen molar-refractivity contribution in [2.45, 2.75) is 31.2 Å². The number of rotatable bonds is 5. The summed E-state index contributed by atoms with van der Waals surface area (Å²) in [5.74, 6) is 1.34. The van der Waals surface area contributed by atoms with Crippen LogP contribution in [0.25, 0.3) is 60.4 Å². The monoisotopic (exact) mass is 729 g/mol. The van der Waals surface area contributed by atoms with Gasteiger partial charge in [0.15, 0.2) is 0 Å². The van der Waals surface area contributed by atoms with Gasteiger partial charge in [-0.15, -0.1) is 0 Å². The number of benzene rings is 7. The third-order valence-corrected chi connectivity index (χ3v) is 12.8. The first kappa shape index (κ1) is 32.4. The molecule has 3 nitrogen and oxygen atoms in total. The number of fused-ring (bicyclic) bond motifs is 8. The molecule has 2 unspecified atom stereocenters. The molecule has 8 aromatic rings. The van der Waals surface area contributed by atoms with Crippen LogP contribution in [-0.2, 0) is 6.42 Å². The SMILES string of the molecule is C1=Cc2c(cc(C3C4=C(C5=CCC(c6cc7ccccc7c7ccccc67)C=C5)N=C(c5ccc(-c6cnc7ccccc7c6)cc5)N3C4)c3ccccc23)CC1. The molecule has 1 saturated heterocycles. The summed E-state index contributed by atoms with van der Waals surface area (Å²) in [6.45, 7) is 0.879. The summed E-state index contributed by atoms with van der Waals surface area (Å²) < 4.78 is 0. The maximum absolute atomic E-state index is 5.56. The molecule has 1 aromatic heterocycles. The maximum atomic E-state index is 5.56. The van der Waals surface area contributed by atoms with Crippen LogP contribution in [-0.4, -0.2) is 22.3 Å². The molecule has 2 bridgehead atoms. The predicted molar refractivity (Wildman–Crippen MR) is 238 cm³/mol. The number of hydrogen-bond donors (Lipinski definition) is 0. The molecule has 1 fully saturated rings. The van der Waals surface area contributed by atoms with Gasteiger partial charge in [0.05, 0.1) is 17.3 Å². The summed E-state index contributed by atoms with van der Waals surface area (Å²) in [5.41, 5.74) is 13.8. The molecule has 7 aromatic carbocycles. The van der Waals surface area contributed by atoms with E-state index in [9.17, 15) is 0 Å². The molecule has 0 spiro atoms. The van der Waals surface area contributed by atoms with Crippen molar-refractivity contribution in [1.82, 2.24) is 9.88 Å². The minimum Gasteiger partial charge on any atom is -0.341 e. The highest BCUT2D eigenvalue weighted by atomic mass is 15.3. The number of amidine groups is 1. The van der Waals surface area contributed by atoms with Crippen LogP contribution in [0.15, 0.2) is 192 Å². The summed E-state index contributed by atoms with van der Waals surface area (Å²) in [4.78, 5) is 12.8. The van der Waals surface area contributed by atoms with Crippen molar-refractivity contribution < 1.29 is 0 Å². The van der Waals surface area contributed by atoms with E-state index in [0.717, 1.165) is 64.9 Å². The lowest BCUT2D eigenvalue weighted by molar-refractivity contribution is 0.270. The fraction of sp³-hybridized carbons (Fsp3) is 0.111. The van der Waals surface area contributed by atoms with Gasteiger partial charge < -0.3 is 4.90 Å². The van der Waals surface area contributed by atoms with Crippen molar-refractivity contribution in [3.63, 3.8) is 0 Å². The fourth-order valence-corrected chi connectivity index (χ4v) is 9.93. The molecule has 0 saturated carbocycles. The van der Waals surface area contributed by atoms with Crippen LogP contribution in [0.1, 0.15) is 52.6 Å². The minimum atomic E-state index is 0.134. The molecule has 270 valence electrons. The molecule has 3 aliphatic heterocycles. The molecule has 4 heterocycles. The first-order valence-corrected chi connectivity index (χ1v) is 20.3. The average Bonchev–Trinajstić information content (AvgIpc) is 3.28. The highest BCUT2D eigenvalue weighted by molar-refractivity contribution is 6.09. The van der Waals surface area contributed by atoms with Crippen LogP contribution < -0.4 is 0 Å². The molecule has 2 aliphatic carbocycles. The van der Waals surface area contributed by atoms with E-state index in [4.69, 9.17) is 9.98 Å². The zero-order chi connectivity index (χ0) is 37.5. The van der Waals surface area contributed by atoms with Crippen molar-refractivity contribution in [2.24, 2.45) is 4.99 Å². The second kappa shape index (κ2) is 12.9. The Morgan fingerprint density at radius 2 is 1.32 bits per heavy atom. The fourth-order valence-electron chi connectivity index (χ4n) is 9.93. The number of para-hydroxylation sites is 1. The zero-order valence-corrected chi connectivity index (χ0v) is 31.6. The number of aryl methyl sites for hydroxylation is 1. The van der Waals surface area contributed by atoms with E-state index in [1.807, 2.05) is 12.3 Å². The second-order valence-electron chi connectivity index (χ2n) is 16.0.